The number of hydrogen-bond acceptors (Lipinski definition) is 4. The maximum absolute atomic E-state index is 13.9. The van der Waals surface area contributed by atoms with Crippen LogP contribution in [0.15, 0.2) is 66.0 Å². The zero-order valence-electron chi connectivity index (χ0n) is 22.7. The van der Waals surface area contributed by atoms with Gasteiger partial charge >= 0.3 is 0 Å². The third-order valence-electron chi connectivity index (χ3n) is 7.88. The Bertz CT molecular complexity index is 1250. The number of nitrogens with one attached hydrogen (secondary N) is 1. The molecule has 38 heavy (non-hydrogen) atoms. The molecule has 200 valence electrons. The smallest absolute Gasteiger partial charge is 0.254 e. The highest BCUT2D eigenvalue weighted by Crippen LogP contribution is 2.44. The van der Waals surface area contributed by atoms with Gasteiger partial charge < -0.3 is 10.2 Å². The average Bonchev–Trinajstić information content (AvgIpc) is 3.44. The minimum atomic E-state index is -0.414. The lowest BCUT2D eigenvalue weighted by Crippen LogP contribution is -2.49. The zero-order chi connectivity index (χ0) is 26.6. The molecule has 0 radical (unpaired) electrons. The van der Waals surface area contributed by atoms with Crippen LogP contribution in [-0.2, 0) is 11.3 Å². The molecule has 0 bridgehead atoms. The molecule has 0 saturated carbocycles. The second-order valence-corrected chi connectivity index (χ2v) is 12.3. The van der Waals surface area contributed by atoms with E-state index in [0.717, 1.165) is 42.9 Å². The highest BCUT2D eigenvalue weighted by atomic mass is 32.1. The van der Waals surface area contributed by atoms with Gasteiger partial charge in [0.2, 0.25) is 5.91 Å². The molecule has 5 rings (SSSR count). The Labute approximate surface area is 230 Å². The van der Waals surface area contributed by atoms with E-state index in [-0.39, 0.29) is 17.9 Å². The molecular weight excluding hydrogens is 490 g/mol. The molecule has 2 aliphatic rings. The number of piperidine rings is 1. The lowest BCUT2D eigenvalue weighted by atomic mass is 9.81. The first kappa shape index (κ1) is 26.6. The van der Waals surface area contributed by atoms with Crippen LogP contribution < -0.4 is 5.32 Å². The molecule has 0 aliphatic carbocycles. The Morgan fingerprint density at radius 1 is 1.05 bits per heavy atom. The van der Waals surface area contributed by atoms with Gasteiger partial charge in [0, 0.05) is 30.1 Å². The second-order valence-electron chi connectivity index (χ2n) is 11.3. The van der Waals surface area contributed by atoms with Crippen LogP contribution >= 0.6 is 11.3 Å². The summed E-state index contributed by atoms with van der Waals surface area (Å²) in [7, 11) is 0. The summed E-state index contributed by atoms with van der Waals surface area (Å²) >= 11 is 1.63. The Morgan fingerprint density at radius 2 is 1.84 bits per heavy atom. The Balaban J connectivity index is 1.28. The summed E-state index contributed by atoms with van der Waals surface area (Å²) in [4.78, 5) is 33.1. The first-order valence-corrected chi connectivity index (χ1v) is 14.8. The van der Waals surface area contributed by atoms with E-state index in [1.54, 1.807) is 11.3 Å². The summed E-state index contributed by atoms with van der Waals surface area (Å²) < 4.78 is 0. The molecule has 1 fully saturated rings. The van der Waals surface area contributed by atoms with Gasteiger partial charge in [0.1, 0.15) is 0 Å². The molecule has 2 aromatic carbocycles. The fourth-order valence-corrected chi connectivity index (χ4v) is 6.89. The van der Waals surface area contributed by atoms with Gasteiger partial charge in [-0.2, -0.15) is 0 Å². The topological polar surface area (TPSA) is 52.7 Å². The van der Waals surface area contributed by atoms with Crippen LogP contribution in [0.1, 0.15) is 70.6 Å². The van der Waals surface area contributed by atoms with E-state index in [0.29, 0.717) is 30.5 Å². The van der Waals surface area contributed by atoms with Crippen molar-refractivity contribution in [3.63, 3.8) is 0 Å². The average molecular weight is 530 g/mol. The number of carbonyl (C=O) groups excluding carboxylic acids is 2. The molecule has 1 aromatic heterocycles. The van der Waals surface area contributed by atoms with Gasteiger partial charge in [-0.3, -0.25) is 14.5 Å². The fraction of sp³-hybridized carbons (Fsp3) is 0.438. The molecule has 3 heterocycles. The van der Waals surface area contributed by atoms with Gasteiger partial charge in [-0.05, 0) is 73.3 Å². The van der Waals surface area contributed by atoms with Gasteiger partial charge in [-0.15, -0.1) is 11.3 Å². The summed E-state index contributed by atoms with van der Waals surface area (Å²) in [6.45, 7) is 10.8. The molecule has 0 spiro atoms. The highest BCUT2D eigenvalue weighted by molar-refractivity contribution is 7.10. The van der Waals surface area contributed by atoms with Gasteiger partial charge in [0.15, 0.2) is 0 Å². The number of benzene rings is 2. The number of carbonyl (C=O) groups is 2. The number of likely N-dealkylation sites (tertiary alicyclic amines) is 1. The van der Waals surface area contributed by atoms with E-state index >= 15 is 0 Å². The molecule has 3 aromatic rings. The van der Waals surface area contributed by atoms with Gasteiger partial charge in [0.25, 0.3) is 5.91 Å². The molecule has 6 heteroatoms. The van der Waals surface area contributed by atoms with Crippen molar-refractivity contribution in [1.29, 1.82) is 0 Å². The van der Waals surface area contributed by atoms with Crippen molar-refractivity contribution in [3.8, 4) is 0 Å². The van der Waals surface area contributed by atoms with Crippen LogP contribution in [-0.4, -0.2) is 47.8 Å². The molecule has 2 amide bonds. The quantitative estimate of drug-likeness (QED) is 0.388. The summed E-state index contributed by atoms with van der Waals surface area (Å²) in [6.07, 6.45) is 2.17. The Morgan fingerprint density at radius 3 is 2.55 bits per heavy atom. The maximum Gasteiger partial charge on any atom is 0.254 e. The van der Waals surface area contributed by atoms with Crippen LogP contribution in [0.3, 0.4) is 0 Å². The molecule has 2 atom stereocenters. The van der Waals surface area contributed by atoms with Crippen LogP contribution in [0, 0.1) is 18.8 Å². The first-order valence-electron chi connectivity index (χ1n) is 13.9. The van der Waals surface area contributed by atoms with Gasteiger partial charge in [-0.25, -0.2) is 0 Å². The van der Waals surface area contributed by atoms with Crippen LogP contribution in [0.5, 0.6) is 0 Å². The van der Waals surface area contributed by atoms with E-state index in [1.165, 1.54) is 11.1 Å². The normalized spacial score (nSPS) is 20.5. The number of amides is 2. The second kappa shape index (κ2) is 11.8. The van der Waals surface area contributed by atoms with E-state index in [2.05, 4.69) is 61.3 Å². The van der Waals surface area contributed by atoms with Crippen molar-refractivity contribution in [2.24, 2.45) is 11.8 Å². The predicted molar refractivity (Wildman–Crippen MR) is 154 cm³/mol. The Kier molecular flexibility index (Phi) is 8.29. The van der Waals surface area contributed by atoms with Crippen molar-refractivity contribution >= 4 is 23.2 Å². The summed E-state index contributed by atoms with van der Waals surface area (Å²) in [6, 6.07) is 20.2. The largest absolute Gasteiger partial charge is 0.355 e. The van der Waals surface area contributed by atoms with Crippen LogP contribution in [0.2, 0.25) is 0 Å². The third-order valence-corrected chi connectivity index (χ3v) is 8.82. The predicted octanol–water partition coefficient (Wildman–Crippen LogP) is 6.02. The first-order chi connectivity index (χ1) is 18.4. The Hall–Kier alpha value is -2.96. The number of fused-ring (bicyclic) bond motifs is 1. The van der Waals surface area contributed by atoms with E-state index < -0.39 is 5.92 Å². The third kappa shape index (κ3) is 5.87. The van der Waals surface area contributed by atoms with E-state index in [1.807, 2.05) is 40.6 Å². The van der Waals surface area contributed by atoms with Crippen molar-refractivity contribution in [2.45, 2.75) is 52.1 Å². The van der Waals surface area contributed by atoms with E-state index in [9.17, 15) is 9.59 Å². The molecule has 0 unspecified atom stereocenters. The SMILES string of the molecule is Cc1cccc(CN2CCC(CNC(=O)[C@@H]3c4ccccc4C(=O)N(CC(C)C)[C@H]3c3cccs3)CC2)c1. The molecule has 5 nitrogen and oxygen atoms in total. The lowest BCUT2D eigenvalue weighted by Gasteiger charge is -2.42. The van der Waals surface area contributed by atoms with Crippen LogP contribution in [0.25, 0.3) is 0 Å². The number of nitrogens with zero attached hydrogens (tertiary/aromatic N) is 2. The van der Waals surface area contributed by atoms with Gasteiger partial charge in [-0.1, -0.05) is 67.9 Å². The van der Waals surface area contributed by atoms with Crippen molar-refractivity contribution < 1.29 is 9.59 Å². The van der Waals surface area contributed by atoms with Crippen molar-refractivity contribution in [3.05, 3.63) is 93.2 Å². The van der Waals surface area contributed by atoms with E-state index in [4.69, 9.17) is 0 Å². The highest BCUT2D eigenvalue weighted by Gasteiger charge is 2.44. The molecule has 1 saturated heterocycles. The minimum absolute atomic E-state index is 0.0257. The number of hydrogen-bond donors (Lipinski definition) is 1. The molecular formula is C32H39N3O2S. The van der Waals surface area contributed by atoms with Crippen LogP contribution in [0.4, 0.5) is 0 Å². The summed E-state index contributed by atoms with van der Waals surface area (Å²) in [5.74, 6) is 0.417. The number of thiophene rings is 1. The minimum Gasteiger partial charge on any atom is -0.355 e. The summed E-state index contributed by atoms with van der Waals surface area (Å²) in [5, 5.41) is 5.36. The fourth-order valence-electron chi connectivity index (χ4n) is 6.02. The zero-order valence-corrected chi connectivity index (χ0v) is 23.5. The number of rotatable bonds is 8. The number of aryl methyl sites for hydroxylation is 1. The molecule has 1 N–H and O–H groups in total. The van der Waals surface area contributed by atoms with Gasteiger partial charge in [0.05, 0.1) is 12.0 Å². The maximum atomic E-state index is 13.9. The summed E-state index contributed by atoms with van der Waals surface area (Å²) in [5.41, 5.74) is 4.18. The van der Waals surface area contributed by atoms with Crippen molar-refractivity contribution in [2.75, 3.05) is 26.2 Å². The molecule has 2 aliphatic heterocycles. The lowest BCUT2D eigenvalue weighted by molar-refractivity contribution is -0.124. The standard InChI is InChI=1S/C32H39N3O2S/c1-22(2)20-35-30(28-12-7-17-38-28)29(26-10-4-5-11-27(26)32(35)37)31(36)33-19-24-13-15-34(16-14-24)21-25-9-6-8-23(3)18-25/h4-12,17-18,22,24,29-30H,13-16,19-21H2,1-3H3,(H,33,36)/t29-,30+/m1/s1. The monoisotopic (exact) mass is 529 g/mol. The van der Waals surface area contributed by atoms with Crippen molar-refractivity contribution in [1.82, 2.24) is 15.1 Å².